The lowest BCUT2D eigenvalue weighted by Crippen LogP contribution is -2.15. The van der Waals surface area contributed by atoms with Crippen molar-refractivity contribution in [2.24, 2.45) is 35.5 Å². The third-order valence-corrected chi connectivity index (χ3v) is 13.4. The number of rotatable bonds is 14. The fraction of sp³-hybridized carbons (Fsp3) is 0.636. The Labute approximate surface area is 433 Å². The van der Waals surface area contributed by atoms with Crippen LogP contribution in [0.4, 0.5) is 0 Å². The largest absolute Gasteiger partial charge is 0.494 e. The van der Waals surface area contributed by atoms with E-state index in [2.05, 4.69) is 145 Å². The fourth-order valence-electron chi connectivity index (χ4n) is 9.68. The van der Waals surface area contributed by atoms with Crippen molar-refractivity contribution in [1.82, 2.24) is 0 Å². The quantitative estimate of drug-likeness (QED) is 0.126. The molecule has 4 heteroatoms. The van der Waals surface area contributed by atoms with E-state index in [1.54, 1.807) is 38.5 Å². The van der Waals surface area contributed by atoms with Crippen molar-refractivity contribution < 1.29 is 18.9 Å². The van der Waals surface area contributed by atoms with Gasteiger partial charge in [0.2, 0.25) is 0 Å². The molecule has 4 fully saturated rings. The Kier molecular flexibility index (Phi) is 38.2. The van der Waals surface area contributed by atoms with Crippen LogP contribution >= 0.6 is 0 Å². The number of fused-ring (bicyclic) bond motifs is 5. The molecule has 4 aromatic carbocycles. The average Bonchev–Trinajstić information content (AvgIpc) is 4.15. The van der Waals surface area contributed by atoms with Crippen LogP contribution in [0.15, 0.2) is 97.1 Å². The van der Waals surface area contributed by atoms with Crippen LogP contribution in [0.3, 0.4) is 0 Å². The van der Waals surface area contributed by atoms with Crippen molar-refractivity contribution in [2.45, 2.75) is 213 Å². The minimum atomic E-state index is 0.761. The van der Waals surface area contributed by atoms with Gasteiger partial charge in [-0.05, 0) is 157 Å². The summed E-state index contributed by atoms with van der Waals surface area (Å²) in [5, 5.41) is 0. The molecule has 0 saturated heterocycles. The highest BCUT2D eigenvalue weighted by Gasteiger charge is 2.48. The van der Waals surface area contributed by atoms with E-state index in [0.717, 1.165) is 86.9 Å². The van der Waals surface area contributed by atoms with Gasteiger partial charge < -0.3 is 18.9 Å². The van der Waals surface area contributed by atoms with E-state index in [9.17, 15) is 0 Å². The highest BCUT2D eigenvalue weighted by molar-refractivity contribution is 5.33. The molecule has 0 amide bonds. The fourth-order valence-corrected chi connectivity index (χ4v) is 9.68. The van der Waals surface area contributed by atoms with E-state index < -0.39 is 0 Å². The van der Waals surface area contributed by atoms with Gasteiger partial charge in [0.05, 0.1) is 26.4 Å². The summed E-state index contributed by atoms with van der Waals surface area (Å²) in [6, 6.07) is 32.5. The van der Waals surface area contributed by atoms with Crippen LogP contribution < -0.4 is 18.9 Å². The molecule has 4 aromatic rings. The van der Waals surface area contributed by atoms with Crippen molar-refractivity contribution in [3.05, 3.63) is 119 Å². The summed E-state index contributed by atoms with van der Waals surface area (Å²) in [6.45, 7) is 33.0. The number of hydrogen-bond donors (Lipinski definition) is 0. The van der Waals surface area contributed by atoms with Gasteiger partial charge in [0, 0.05) is 6.07 Å². The molecule has 0 spiro atoms. The Morgan fingerprint density at radius 2 is 0.686 bits per heavy atom. The van der Waals surface area contributed by atoms with E-state index in [0.29, 0.717) is 0 Å². The van der Waals surface area contributed by atoms with Gasteiger partial charge in [0.15, 0.2) is 0 Å². The van der Waals surface area contributed by atoms with E-state index in [1.165, 1.54) is 97.3 Å². The number of hydrogen-bond acceptors (Lipinski definition) is 4. The summed E-state index contributed by atoms with van der Waals surface area (Å²) in [4.78, 5) is 0. The SMILES string of the molecule is C1CC2C3CCC(C3)C2C1.CCC.CCC.CCC1CCC(CC)CC1.CCCOc1ccc(OCCC)cc1.CCCOc1cccc(OCCC)c1.Cc1ccc(C)cc1.Cc1cccc(C)c1. The van der Waals surface area contributed by atoms with Gasteiger partial charge in [-0.1, -0.05) is 204 Å². The minimum absolute atomic E-state index is 0.761. The van der Waals surface area contributed by atoms with Crippen LogP contribution in [0.1, 0.15) is 207 Å². The molecule has 0 aliphatic heterocycles. The lowest BCUT2D eigenvalue weighted by molar-refractivity contribution is 0.259. The predicted molar refractivity (Wildman–Crippen MR) is 307 cm³/mol. The van der Waals surface area contributed by atoms with Crippen LogP contribution in [-0.2, 0) is 0 Å². The molecule has 4 atom stereocenters. The molecule has 396 valence electrons. The van der Waals surface area contributed by atoms with Gasteiger partial charge in [0.1, 0.15) is 23.0 Å². The Morgan fingerprint density at radius 1 is 0.357 bits per heavy atom. The summed E-state index contributed by atoms with van der Waals surface area (Å²) in [7, 11) is 0. The minimum Gasteiger partial charge on any atom is -0.494 e. The Bertz CT molecular complexity index is 1640. The maximum absolute atomic E-state index is 5.50. The van der Waals surface area contributed by atoms with Crippen LogP contribution in [-0.4, -0.2) is 26.4 Å². The number of benzene rings is 4. The zero-order chi connectivity index (χ0) is 51.8. The molecular weight excluding hydrogens is 857 g/mol. The third kappa shape index (κ3) is 29.4. The van der Waals surface area contributed by atoms with E-state index in [4.69, 9.17) is 18.9 Å². The second-order valence-corrected chi connectivity index (χ2v) is 20.4. The molecule has 4 nitrogen and oxygen atoms in total. The van der Waals surface area contributed by atoms with Gasteiger partial charge in [0.25, 0.3) is 0 Å². The van der Waals surface area contributed by atoms with Crippen molar-refractivity contribution in [3.63, 3.8) is 0 Å². The zero-order valence-corrected chi connectivity index (χ0v) is 47.9. The van der Waals surface area contributed by atoms with Crippen molar-refractivity contribution >= 4 is 0 Å². The molecule has 70 heavy (non-hydrogen) atoms. The lowest BCUT2D eigenvalue weighted by atomic mass is 9.80. The molecule has 0 heterocycles. The molecule has 4 aliphatic carbocycles. The highest BCUT2D eigenvalue weighted by atomic mass is 16.5. The third-order valence-electron chi connectivity index (χ3n) is 13.4. The maximum Gasteiger partial charge on any atom is 0.122 e. The first-order valence-corrected chi connectivity index (χ1v) is 28.7. The van der Waals surface area contributed by atoms with E-state index >= 15 is 0 Å². The van der Waals surface area contributed by atoms with Crippen molar-refractivity contribution in [1.29, 1.82) is 0 Å². The normalized spacial score (nSPS) is 19.7. The van der Waals surface area contributed by atoms with Gasteiger partial charge in [-0.15, -0.1) is 0 Å². The molecule has 4 aliphatic rings. The average molecular weight is 966 g/mol. The number of aryl methyl sites for hydroxylation is 4. The van der Waals surface area contributed by atoms with Crippen LogP contribution in [0.5, 0.6) is 23.0 Å². The first-order valence-electron chi connectivity index (χ1n) is 28.7. The zero-order valence-electron chi connectivity index (χ0n) is 47.9. The van der Waals surface area contributed by atoms with Crippen LogP contribution in [0.2, 0.25) is 0 Å². The predicted octanol–water partition coefficient (Wildman–Crippen LogP) is 20.4. The monoisotopic (exact) mass is 965 g/mol. The molecule has 4 unspecified atom stereocenters. The van der Waals surface area contributed by atoms with Gasteiger partial charge in [-0.25, -0.2) is 0 Å². The van der Waals surface area contributed by atoms with Crippen LogP contribution in [0.25, 0.3) is 0 Å². The Hall–Kier alpha value is -3.92. The summed E-state index contributed by atoms with van der Waals surface area (Å²) in [6.07, 6.45) is 25.0. The molecule has 0 N–H and O–H groups in total. The van der Waals surface area contributed by atoms with E-state index in [-0.39, 0.29) is 0 Å². The Morgan fingerprint density at radius 3 is 0.986 bits per heavy atom. The topological polar surface area (TPSA) is 36.9 Å². The summed E-state index contributed by atoms with van der Waals surface area (Å²) in [5.74, 6) is 10.5. The molecule has 8 rings (SSSR count). The first kappa shape index (κ1) is 64.1. The Balaban J connectivity index is 0.000000415. The van der Waals surface area contributed by atoms with E-state index in [1.807, 2.05) is 48.5 Å². The standard InChI is InChI=1S/2C12H18O2.C10H16.C10H20.2C8H10.2C3H8/c1-3-9-13-11-5-7-12(8-6-11)14-10-4-2;1-3-8-13-11-6-5-7-12(10-11)14-9-4-2;1-2-9-7-4-5-8(6-7)10(9)3-1;1-3-9-5-7-10(4-2)8-6-9;1-7-3-5-8(2)6-4-7;1-7-4-3-5-8(2)6-7;2*1-3-2/h5-8H,3-4,9-10H2,1-2H3;5-7,10H,3-4,8-9H2,1-2H3;7-10H,1-6H2;9-10H,3-8H2,1-2H3;2*3-6H,1-2H3;2*3H2,1-2H3. The van der Waals surface area contributed by atoms with Crippen molar-refractivity contribution in [3.8, 4) is 23.0 Å². The molecular formula is C66H108O4. The van der Waals surface area contributed by atoms with Gasteiger partial charge >= 0.3 is 0 Å². The first-order chi connectivity index (χ1) is 33.9. The molecule has 2 bridgehead atoms. The smallest absolute Gasteiger partial charge is 0.122 e. The second kappa shape index (κ2) is 41.7. The van der Waals surface area contributed by atoms with Gasteiger partial charge in [-0.2, -0.15) is 0 Å². The molecule has 0 radical (unpaired) electrons. The van der Waals surface area contributed by atoms with Crippen molar-refractivity contribution in [2.75, 3.05) is 26.4 Å². The molecule has 4 saturated carbocycles. The van der Waals surface area contributed by atoms with Gasteiger partial charge in [-0.3, -0.25) is 0 Å². The summed E-state index contributed by atoms with van der Waals surface area (Å²) >= 11 is 0. The number of ether oxygens (including phenoxy) is 4. The maximum atomic E-state index is 5.50. The van der Waals surface area contributed by atoms with Crippen LogP contribution in [0, 0.1) is 63.2 Å². The molecule has 0 aromatic heterocycles. The lowest BCUT2D eigenvalue weighted by Gasteiger charge is -2.26. The highest BCUT2D eigenvalue weighted by Crippen LogP contribution is 2.58. The summed E-state index contributed by atoms with van der Waals surface area (Å²) < 4.78 is 21.9. The second-order valence-electron chi connectivity index (χ2n) is 20.4. The summed E-state index contributed by atoms with van der Waals surface area (Å²) in [5.41, 5.74) is 5.33.